The van der Waals surface area contributed by atoms with Gasteiger partial charge in [-0.25, -0.2) is 8.42 Å². The molecule has 1 saturated heterocycles. The summed E-state index contributed by atoms with van der Waals surface area (Å²) in [4.78, 5) is 13.1. The Bertz CT molecular complexity index is 756. The van der Waals surface area contributed by atoms with Gasteiger partial charge in [0.2, 0.25) is 0 Å². The zero-order chi connectivity index (χ0) is 19.9. The van der Waals surface area contributed by atoms with E-state index in [4.69, 9.17) is 9.47 Å². The van der Waals surface area contributed by atoms with Gasteiger partial charge < -0.3 is 9.47 Å². The van der Waals surface area contributed by atoms with E-state index in [0.29, 0.717) is 26.1 Å². The Kier molecular flexibility index (Phi) is 7.39. The first kappa shape index (κ1) is 21.4. The molecule has 0 radical (unpaired) electrons. The van der Waals surface area contributed by atoms with Crippen LogP contribution in [0.15, 0.2) is 60.5 Å². The van der Waals surface area contributed by atoms with Crippen molar-refractivity contribution in [1.82, 2.24) is 0 Å². The van der Waals surface area contributed by atoms with E-state index in [9.17, 15) is 13.2 Å². The Morgan fingerprint density at radius 3 is 2.48 bits per heavy atom. The van der Waals surface area contributed by atoms with Crippen LogP contribution in [-0.2, 0) is 24.1 Å². The molecule has 6 heteroatoms. The second-order valence-electron chi connectivity index (χ2n) is 6.69. The number of benzene rings is 1. The number of rotatable bonds is 11. The molecule has 0 aliphatic carbocycles. The predicted molar refractivity (Wildman–Crippen MR) is 105 cm³/mol. The average Bonchev–Trinajstić information content (AvgIpc) is 2.93. The van der Waals surface area contributed by atoms with E-state index in [2.05, 4.69) is 13.2 Å². The van der Waals surface area contributed by atoms with Crippen LogP contribution >= 0.6 is 0 Å². The lowest BCUT2D eigenvalue weighted by Crippen LogP contribution is -2.49. The molecular weight excluding hydrogens is 364 g/mol. The highest BCUT2D eigenvalue weighted by Gasteiger charge is 2.64. The van der Waals surface area contributed by atoms with Crippen LogP contribution in [0.1, 0.15) is 32.6 Å². The quantitative estimate of drug-likeness (QED) is 0.326. The summed E-state index contributed by atoms with van der Waals surface area (Å²) in [7, 11) is -3.98. The summed E-state index contributed by atoms with van der Waals surface area (Å²) in [5.41, 5.74) is 0. The highest BCUT2D eigenvalue weighted by atomic mass is 32.2. The van der Waals surface area contributed by atoms with Crippen LogP contribution in [0.2, 0.25) is 0 Å². The van der Waals surface area contributed by atoms with Gasteiger partial charge in [0.1, 0.15) is 6.10 Å². The van der Waals surface area contributed by atoms with Crippen LogP contribution in [0.25, 0.3) is 0 Å². The van der Waals surface area contributed by atoms with Crippen molar-refractivity contribution < 1.29 is 22.7 Å². The lowest BCUT2D eigenvalue weighted by atomic mass is 9.83. The van der Waals surface area contributed by atoms with Crippen LogP contribution in [-0.4, -0.2) is 38.5 Å². The first-order valence-corrected chi connectivity index (χ1v) is 10.7. The monoisotopic (exact) mass is 392 g/mol. The molecule has 0 saturated carbocycles. The molecule has 0 aromatic heterocycles. The maximum atomic E-state index is 13.6. The molecule has 0 spiro atoms. The van der Waals surface area contributed by atoms with Crippen LogP contribution in [0, 0.1) is 5.92 Å². The van der Waals surface area contributed by atoms with Crippen molar-refractivity contribution >= 4 is 15.8 Å². The van der Waals surface area contributed by atoms with Crippen LogP contribution < -0.4 is 0 Å². The molecule has 0 bridgehead atoms. The summed E-state index contributed by atoms with van der Waals surface area (Å²) >= 11 is 0. The van der Waals surface area contributed by atoms with E-state index >= 15 is 0 Å². The third-order valence-electron chi connectivity index (χ3n) is 5.01. The van der Waals surface area contributed by atoms with Crippen molar-refractivity contribution in [1.29, 1.82) is 0 Å². The molecule has 0 amide bonds. The Hall–Kier alpha value is -1.92. The Morgan fingerprint density at radius 2 is 1.89 bits per heavy atom. The average molecular weight is 393 g/mol. The molecule has 1 aliphatic rings. The van der Waals surface area contributed by atoms with E-state index in [1.807, 2.05) is 6.92 Å². The first-order valence-electron chi connectivity index (χ1n) is 9.26. The van der Waals surface area contributed by atoms with Gasteiger partial charge in [-0.05, 0) is 31.4 Å². The minimum atomic E-state index is -3.98. The Morgan fingerprint density at radius 1 is 1.19 bits per heavy atom. The SMILES string of the molecule is C=CCOCC[C@@H]1[C@@H](CCC)OC(=O)[C@@]1(CC=C)S(=O)(=O)c1ccccc1. The van der Waals surface area contributed by atoms with Gasteiger partial charge in [-0.15, -0.1) is 13.2 Å². The lowest BCUT2D eigenvalue weighted by molar-refractivity contribution is -0.143. The number of carbonyl (C=O) groups excluding carboxylic acids is 1. The second kappa shape index (κ2) is 9.33. The van der Waals surface area contributed by atoms with Gasteiger partial charge in [0.05, 0.1) is 11.5 Å². The largest absolute Gasteiger partial charge is 0.461 e. The molecule has 0 N–H and O–H groups in total. The molecule has 1 aromatic rings. The Balaban J connectivity index is 2.52. The van der Waals surface area contributed by atoms with Gasteiger partial charge in [0.25, 0.3) is 0 Å². The van der Waals surface area contributed by atoms with Crippen molar-refractivity contribution in [2.24, 2.45) is 5.92 Å². The number of ether oxygens (including phenoxy) is 2. The highest BCUT2D eigenvalue weighted by Crippen LogP contribution is 2.47. The lowest BCUT2D eigenvalue weighted by Gasteiger charge is -2.31. The van der Waals surface area contributed by atoms with Gasteiger partial charge in [0, 0.05) is 12.5 Å². The number of sulfone groups is 1. The molecule has 1 heterocycles. The molecule has 1 aliphatic heterocycles. The normalized spacial score (nSPS) is 25.1. The summed E-state index contributed by atoms with van der Waals surface area (Å²) in [6, 6.07) is 8.09. The van der Waals surface area contributed by atoms with E-state index in [1.54, 1.807) is 24.3 Å². The van der Waals surface area contributed by atoms with Gasteiger partial charge >= 0.3 is 5.97 Å². The number of esters is 1. The fourth-order valence-electron chi connectivity index (χ4n) is 3.79. The van der Waals surface area contributed by atoms with E-state index in [-0.39, 0.29) is 11.3 Å². The summed E-state index contributed by atoms with van der Waals surface area (Å²) < 4.78 is 36.6. The molecule has 5 nitrogen and oxygen atoms in total. The molecule has 1 aromatic carbocycles. The minimum absolute atomic E-state index is 0.00933. The van der Waals surface area contributed by atoms with Crippen molar-refractivity contribution in [2.75, 3.05) is 13.2 Å². The number of hydrogen-bond donors (Lipinski definition) is 0. The van der Waals surface area contributed by atoms with Crippen LogP contribution in [0.3, 0.4) is 0 Å². The topological polar surface area (TPSA) is 69.7 Å². The summed E-state index contributed by atoms with van der Waals surface area (Å²) in [6.45, 7) is 10.0. The molecule has 2 rings (SSSR count). The maximum absolute atomic E-state index is 13.6. The fraction of sp³-hybridized carbons (Fsp3) is 0.476. The van der Waals surface area contributed by atoms with Crippen LogP contribution in [0.4, 0.5) is 0 Å². The number of hydrogen-bond acceptors (Lipinski definition) is 5. The van der Waals surface area contributed by atoms with Crippen LogP contribution in [0.5, 0.6) is 0 Å². The number of cyclic esters (lactones) is 1. The fourth-order valence-corrected chi connectivity index (χ4v) is 6.00. The molecule has 1 fully saturated rings. The van der Waals surface area contributed by atoms with E-state index < -0.39 is 32.6 Å². The van der Waals surface area contributed by atoms with Crippen molar-refractivity contribution in [2.45, 2.75) is 48.4 Å². The van der Waals surface area contributed by atoms with Gasteiger partial charge in [-0.2, -0.15) is 0 Å². The molecule has 3 atom stereocenters. The molecular formula is C21H28O5S. The van der Waals surface area contributed by atoms with Crippen molar-refractivity contribution in [3.63, 3.8) is 0 Å². The summed E-state index contributed by atoms with van der Waals surface area (Å²) in [6.07, 6.45) is 4.50. The van der Waals surface area contributed by atoms with E-state index in [1.165, 1.54) is 18.2 Å². The summed E-state index contributed by atoms with van der Waals surface area (Å²) in [5, 5.41) is 0. The molecule has 27 heavy (non-hydrogen) atoms. The summed E-state index contributed by atoms with van der Waals surface area (Å²) in [5.74, 6) is -1.18. The maximum Gasteiger partial charge on any atom is 0.328 e. The van der Waals surface area contributed by atoms with Crippen molar-refractivity contribution in [3.8, 4) is 0 Å². The Labute approximate surface area is 162 Å². The first-order chi connectivity index (χ1) is 13.0. The van der Waals surface area contributed by atoms with Crippen molar-refractivity contribution in [3.05, 3.63) is 55.6 Å². The number of carbonyl (C=O) groups is 1. The molecule has 0 unspecified atom stereocenters. The zero-order valence-corrected chi connectivity index (χ0v) is 16.6. The van der Waals surface area contributed by atoms with Gasteiger partial charge in [-0.3, -0.25) is 4.79 Å². The third kappa shape index (κ3) is 4.01. The third-order valence-corrected chi connectivity index (χ3v) is 7.50. The minimum Gasteiger partial charge on any atom is -0.461 e. The zero-order valence-electron chi connectivity index (χ0n) is 15.8. The van der Waals surface area contributed by atoms with E-state index in [0.717, 1.165) is 6.42 Å². The smallest absolute Gasteiger partial charge is 0.328 e. The second-order valence-corrected chi connectivity index (χ2v) is 8.90. The van der Waals surface area contributed by atoms with Gasteiger partial charge in [-0.1, -0.05) is 43.7 Å². The highest BCUT2D eigenvalue weighted by molar-refractivity contribution is 7.93. The molecule has 148 valence electrons. The predicted octanol–water partition coefficient (Wildman–Crippen LogP) is 3.71. The standard InChI is InChI=1S/C21H28O5S/c1-4-10-19-18(13-16-25-15-6-3)21(14-5-2,20(22)26-19)27(23,24)17-11-8-7-9-12-17/h5-9,11-12,18-19H,2-4,10,13-16H2,1H3/t18-,19-,21+/m1/s1. The number of allylic oxidation sites excluding steroid dienone is 1. The van der Waals surface area contributed by atoms with Gasteiger partial charge in [0.15, 0.2) is 14.6 Å².